The normalized spacial score (nSPS) is 39.5. The van der Waals surface area contributed by atoms with Gasteiger partial charge in [-0.05, 0) is 85.4 Å². The third-order valence-corrected chi connectivity index (χ3v) is 17.7. The first-order valence-electron chi connectivity index (χ1n) is 23.1. The van der Waals surface area contributed by atoms with Gasteiger partial charge in [-0.2, -0.15) is 0 Å². The highest BCUT2D eigenvalue weighted by Crippen LogP contribution is 2.55. The Morgan fingerprint density at radius 3 is 1.33 bits per heavy atom. The summed E-state index contributed by atoms with van der Waals surface area (Å²) in [6.45, 7) is 2.70. The fourth-order valence-corrected chi connectivity index (χ4v) is 14.9. The van der Waals surface area contributed by atoms with Crippen molar-refractivity contribution in [3.05, 3.63) is 0 Å². The Balaban J connectivity index is 1.19. The molecule has 0 nitrogen and oxygen atoms in total. The van der Waals surface area contributed by atoms with Gasteiger partial charge >= 0.3 is 0 Å². The van der Waals surface area contributed by atoms with Crippen LogP contribution in [-0.2, 0) is 0 Å². The lowest BCUT2D eigenvalue weighted by molar-refractivity contribution is 0.174. The van der Waals surface area contributed by atoms with E-state index in [4.69, 9.17) is 0 Å². The molecule has 0 amide bonds. The standard InChI is InChI=1S/C46H82BI/c1-45(48)32-30-42(39-20-4-5-21-39)25-9-6-22-40(38-18-2-3-19-38)26-13-27-43(41-23-7-8-24-41)34-37(33-36-15-12-16-36)17-14-31-46(47,35-45)44-28-10-11-29-44/h36-44H,2-35,47H2,1H3/t37?,40?,42?,43?,45-,46?/m1/s1. The first kappa shape index (κ1) is 38.5. The quantitative estimate of drug-likeness (QED) is 0.143. The van der Waals surface area contributed by atoms with E-state index in [1.165, 1.54) is 109 Å². The topological polar surface area (TPSA) is 0 Å². The smallest absolute Gasteiger partial charge is 0.0792 e. The van der Waals surface area contributed by atoms with Crippen molar-refractivity contribution in [2.24, 2.45) is 53.3 Å². The van der Waals surface area contributed by atoms with Crippen LogP contribution >= 0.6 is 22.6 Å². The molecule has 0 saturated heterocycles. The lowest BCUT2D eigenvalue weighted by Gasteiger charge is -2.43. The molecular formula is C46H82BI. The third kappa shape index (κ3) is 11.4. The fourth-order valence-electron chi connectivity index (χ4n) is 13.8. The monoisotopic (exact) mass is 773 g/mol. The summed E-state index contributed by atoms with van der Waals surface area (Å²) in [6, 6.07) is 0. The maximum atomic E-state index is 3.00. The van der Waals surface area contributed by atoms with Crippen molar-refractivity contribution in [1.29, 1.82) is 0 Å². The molecule has 0 aromatic rings. The highest BCUT2D eigenvalue weighted by molar-refractivity contribution is 14.1. The summed E-state index contributed by atoms with van der Waals surface area (Å²) in [6.07, 6.45) is 52.6. The van der Waals surface area contributed by atoms with E-state index in [2.05, 4.69) is 37.4 Å². The minimum atomic E-state index is 0.471. The average molecular weight is 773 g/mol. The minimum Gasteiger partial charge on any atom is -0.0792 e. The maximum absolute atomic E-state index is 3.00. The van der Waals surface area contributed by atoms with Crippen LogP contribution in [0.4, 0.5) is 0 Å². The summed E-state index contributed by atoms with van der Waals surface area (Å²) in [5.41, 5.74) is 0. The van der Waals surface area contributed by atoms with Crippen molar-refractivity contribution in [2.75, 3.05) is 0 Å². The molecule has 6 saturated carbocycles. The van der Waals surface area contributed by atoms with Crippen molar-refractivity contribution in [3.8, 4) is 0 Å². The van der Waals surface area contributed by atoms with Gasteiger partial charge in [0.05, 0.1) is 0 Å². The van der Waals surface area contributed by atoms with Gasteiger partial charge in [0.1, 0.15) is 7.85 Å². The lowest BCUT2D eigenvalue weighted by Crippen LogP contribution is -2.32. The van der Waals surface area contributed by atoms with Crippen LogP contribution in [0.5, 0.6) is 0 Å². The number of halogens is 1. The third-order valence-electron chi connectivity index (χ3n) is 16.8. The molecule has 0 spiro atoms. The van der Waals surface area contributed by atoms with Gasteiger partial charge in [0, 0.05) is 3.42 Å². The van der Waals surface area contributed by atoms with Crippen LogP contribution in [0.3, 0.4) is 0 Å². The van der Waals surface area contributed by atoms with Crippen LogP contribution in [-0.4, -0.2) is 11.3 Å². The van der Waals surface area contributed by atoms with Crippen LogP contribution in [0, 0.1) is 53.3 Å². The molecule has 6 fully saturated rings. The second-order valence-corrected chi connectivity index (χ2v) is 23.0. The Hall–Kier alpha value is 0.795. The van der Waals surface area contributed by atoms with E-state index in [9.17, 15) is 0 Å². The second-order valence-electron chi connectivity index (χ2n) is 20.4. The van der Waals surface area contributed by atoms with Gasteiger partial charge in [0.2, 0.25) is 0 Å². The van der Waals surface area contributed by atoms with Crippen molar-refractivity contribution in [1.82, 2.24) is 0 Å². The molecule has 6 rings (SSSR count). The Morgan fingerprint density at radius 1 is 0.438 bits per heavy atom. The zero-order valence-corrected chi connectivity index (χ0v) is 34.8. The Labute approximate surface area is 316 Å². The van der Waals surface area contributed by atoms with E-state index >= 15 is 0 Å². The highest BCUT2D eigenvalue weighted by atomic mass is 127. The molecule has 2 heteroatoms. The molecule has 5 unspecified atom stereocenters. The van der Waals surface area contributed by atoms with Crippen LogP contribution < -0.4 is 0 Å². The molecule has 0 aromatic heterocycles. The van der Waals surface area contributed by atoms with Gasteiger partial charge in [-0.3, -0.25) is 0 Å². The van der Waals surface area contributed by atoms with Crippen molar-refractivity contribution >= 4 is 30.4 Å². The number of rotatable bonds is 6. The van der Waals surface area contributed by atoms with Gasteiger partial charge < -0.3 is 0 Å². The van der Waals surface area contributed by atoms with E-state index in [0.29, 0.717) is 8.74 Å². The Bertz CT molecular complexity index is 886. The highest BCUT2D eigenvalue weighted by Gasteiger charge is 2.41. The zero-order chi connectivity index (χ0) is 33.2. The second kappa shape index (κ2) is 19.2. The summed E-state index contributed by atoms with van der Waals surface area (Å²) < 4.78 is 0.471. The SMILES string of the molecule is BC1(C2CCCC2)CCCC(CC2CCC2)CC(C2CCCC2)CCCC(C2CCCC2)CCCCC(C2CCCC2)CC[C@@](C)(I)C1. The molecule has 0 bridgehead atoms. The first-order valence-corrected chi connectivity index (χ1v) is 24.1. The molecule has 0 N–H and O–H groups in total. The fraction of sp³-hybridized carbons (Fsp3) is 1.00. The lowest BCUT2D eigenvalue weighted by atomic mass is 9.53. The van der Waals surface area contributed by atoms with Crippen molar-refractivity contribution < 1.29 is 0 Å². The molecule has 0 aliphatic heterocycles. The largest absolute Gasteiger partial charge is 0.109 e. The predicted octanol–water partition coefficient (Wildman–Crippen LogP) is 14.9. The summed E-state index contributed by atoms with van der Waals surface area (Å²) in [4.78, 5) is 0. The Kier molecular flexibility index (Phi) is 15.4. The number of hydrogen-bond donors (Lipinski definition) is 0. The van der Waals surface area contributed by atoms with Gasteiger partial charge in [0.15, 0.2) is 0 Å². The summed E-state index contributed by atoms with van der Waals surface area (Å²) in [5, 5.41) is 0.567. The van der Waals surface area contributed by atoms with Crippen LogP contribution in [0.1, 0.15) is 225 Å². The first-order chi connectivity index (χ1) is 23.4. The summed E-state index contributed by atoms with van der Waals surface area (Å²) in [7, 11) is 2.81. The molecular weight excluding hydrogens is 690 g/mol. The summed E-state index contributed by atoms with van der Waals surface area (Å²) >= 11 is 3.00. The summed E-state index contributed by atoms with van der Waals surface area (Å²) in [5.74, 6) is 9.47. The molecule has 0 aromatic carbocycles. The van der Waals surface area contributed by atoms with E-state index in [-0.39, 0.29) is 0 Å². The molecule has 0 heterocycles. The van der Waals surface area contributed by atoms with Crippen LogP contribution in [0.25, 0.3) is 0 Å². The molecule has 48 heavy (non-hydrogen) atoms. The van der Waals surface area contributed by atoms with E-state index in [1.54, 1.807) is 109 Å². The molecule has 6 aliphatic rings. The maximum Gasteiger partial charge on any atom is 0.109 e. The van der Waals surface area contributed by atoms with E-state index < -0.39 is 0 Å². The molecule has 276 valence electrons. The number of hydrogen-bond acceptors (Lipinski definition) is 0. The molecule has 6 atom stereocenters. The van der Waals surface area contributed by atoms with Gasteiger partial charge in [-0.25, -0.2) is 0 Å². The minimum absolute atomic E-state index is 0.471. The van der Waals surface area contributed by atoms with Crippen LogP contribution in [0.15, 0.2) is 0 Å². The van der Waals surface area contributed by atoms with Gasteiger partial charge in [-0.15, -0.1) is 0 Å². The molecule has 6 aliphatic carbocycles. The average Bonchev–Trinajstić information content (AvgIpc) is 3.87. The van der Waals surface area contributed by atoms with E-state index in [1.807, 2.05) is 0 Å². The van der Waals surface area contributed by atoms with Crippen molar-refractivity contribution in [3.63, 3.8) is 0 Å². The van der Waals surface area contributed by atoms with Gasteiger partial charge in [0.25, 0.3) is 0 Å². The van der Waals surface area contributed by atoms with Crippen molar-refractivity contribution in [2.45, 2.75) is 234 Å². The van der Waals surface area contributed by atoms with E-state index in [0.717, 1.165) is 53.3 Å². The number of alkyl halides is 1. The van der Waals surface area contributed by atoms with Crippen LogP contribution in [0.2, 0.25) is 5.31 Å². The predicted molar refractivity (Wildman–Crippen MR) is 222 cm³/mol. The Morgan fingerprint density at radius 2 is 0.833 bits per heavy atom. The van der Waals surface area contributed by atoms with Gasteiger partial charge in [-0.1, -0.05) is 221 Å². The molecule has 0 radical (unpaired) electrons. The zero-order valence-electron chi connectivity index (χ0n) is 32.6.